The molecule has 1 atom stereocenters. The Kier molecular flexibility index (Phi) is 6.63. The smallest absolute Gasteiger partial charge is 0.319 e. The first kappa shape index (κ1) is 22.6. The molecular weight excluding hydrogens is 410 g/mol. The number of hydrogen-bond donors (Lipinski definition) is 0. The quantitative estimate of drug-likeness (QED) is 0.694. The first-order valence-electron chi connectivity index (χ1n) is 11.9. The summed E-state index contributed by atoms with van der Waals surface area (Å²) in [6, 6.07) is 8.19. The number of likely N-dealkylation sites (tertiary alicyclic amines) is 2. The van der Waals surface area contributed by atoms with E-state index in [2.05, 4.69) is 11.0 Å². The molecule has 0 saturated carbocycles. The molecule has 4 rings (SSSR count). The summed E-state index contributed by atoms with van der Waals surface area (Å²) in [6.45, 7) is 7.14. The van der Waals surface area contributed by atoms with Gasteiger partial charge in [-0.15, -0.1) is 0 Å². The number of likely N-dealkylation sites (N-methyl/N-ethyl adjacent to an activating group) is 1. The van der Waals surface area contributed by atoms with Gasteiger partial charge in [0.25, 0.3) is 0 Å². The van der Waals surface area contributed by atoms with Gasteiger partial charge in [0.1, 0.15) is 0 Å². The number of nitrogens with zero attached hydrogens (tertiary/aromatic N) is 3. The molecule has 1 spiro atoms. The summed E-state index contributed by atoms with van der Waals surface area (Å²) >= 11 is 0. The summed E-state index contributed by atoms with van der Waals surface area (Å²) in [6.07, 6.45) is 6.20. The minimum absolute atomic E-state index is 0.107. The average Bonchev–Trinajstić information content (AvgIpc) is 3.13. The third-order valence-corrected chi connectivity index (χ3v) is 9.90. The molecule has 2 heterocycles. The van der Waals surface area contributed by atoms with Gasteiger partial charge in [-0.1, -0.05) is 37.6 Å². The summed E-state index contributed by atoms with van der Waals surface area (Å²) in [7, 11) is -1.23. The molecule has 3 aliphatic rings. The van der Waals surface area contributed by atoms with Gasteiger partial charge < -0.3 is 14.7 Å². The fraction of sp³-hybridized carbons (Fsp3) is 0.708. The molecule has 0 bridgehead atoms. The van der Waals surface area contributed by atoms with E-state index >= 15 is 0 Å². The first-order valence-corrected chi connectivity index (χ1v) is 13.6. The van der Waals surface area contributed by atoms with Crippen molar-refractivity contribution in [1.82, 2.24) is 14.7 Å². The van der Waals surface area contributed by atoms with E-state index in [9.17, 15) is 13.2 Å². The van der Waals surface area contributed by atoms with Crippen molar-refractivity contribution in [1.29, 1.82) is 0 Å². The van der Waals surface area contributed by atoms with Crippen molar-refractivity contribution in [2.45, 2.75) is 56.1 Å². The lowest BCUT2D eigenvalue weighted by Gasteiger charge is -2.41. The zero-order valence-corrected chi connectivity index (χ0v) is 19.9. The van der Waals surface area contributed by atoms with E-state index in [-0.39, 0.29) is 17.2 Å². The predicted octanol–water partition coefficient (Wildman–Crippen LogP) is 3.44. The molecular formula is C24H37N3O3S. The molecule has 1 unspecified atom stereocenters. The third-order valence-electron chi connectivity index (χ3n) is 7.81. The normalized spacial score (nSPS) is 23.7. The summed E-state index contributed by atoms with van der Waals surface area (Å²) < 4.78 is 25.6. The number of fused-ring (bicyclic) bond motifs is 2. The third kappa shape index (κ3) is 4.49. The lowest BCUT2D eigenvalue weighted by molar-refractivity contribution is 0.124. The van der Waals surface area contributed by atoms with Gasteiger partial charge in [-0.3, -0.25) is 0 Å². The molecule has 31 heavy (non-hydrogen) atoms. The minimum Gasteiger partial charge on any atom is -0.326 e. The monoisotopic (exact) mass is 447 g/mol. The van der Waals surface area contributed by atoms with E-state index in [0.29, 0.717) is 19.5 Å². The van der Waals surface area contributed by atoms with E-state index < -0.39 is 15.1 Å². The Balaban J connectivity index is 1.39. The molecule has 0 radical (unpaired) electrons. The van der Waals surface area contributed by atoms with Gasteiger partial charge in [0.05, 0.1) is 5.25 Å². The molecule has 1 aliphatic carbocycles. The zero-order chi connectivity index (χ0) is 22.1. The Morgan fingerprint density at radius 3 is 2.45 bits per heavy atom. The van der Waals surface area contributed by atoms with E-state index in [1.807, 2.05) is 35.0 Å². The van der Waals surface area contributed by atoms with Crippen LogP contribution in [0.25, 0.3) is 0 Å². The van der Waals surface area contributed by atoms with Crippen molar-refractivity contribution in [3.8, 4) is 0 Å². The molecule has 2 saturated heterocycles. The van der Waals surface area contributed by atoms with Crippen LogP contribution in [0.1, 0.15) is 61.8 Å². The van der Waals surface area contributed by atoms with Gasteiger partial charge in [-0.25, -0.2) is 13.2 Å². The minimum atomic E-state index is -3.14. The molecule has 0 N–H and O–H groups in total. The van der Waals surface area contributed by atoms with Crippen LogP contribution in [0, 0.1) is 0 Å². The van der Waals surface area contributed by atoms with Crippen LogP contribution in [0.5, 0.6) is 0 Å². The highest BCUT2D eigenvalue weighted by atomic mass is 32.2. The highest BCUT2D eigenvalue weighted by Gasteiger charge is 2.49. The van der Waals surface area contributed by atoms with Crippen LogP contribution in [0.2, 0.25) is 0 Å². The summed E-state index contributed by atoms with van der Waals surface area (Å²) in [5, 5.41) is -0.400. The van der Waals surface area contributed by atoms with Crippen LogP contribution in [0.3, 0.4) is 0 Å². The standard InChI is InChI=1S/C24H37N3O3S/c1-3-31(29,30)22-19-24(21-10-6-5-9-20(21)22)11-15-27(16-12-24)23(28)25(2)17-18-26-13-7-4-8-14-26/h5-6,9-10,22H,3-4,7-8,11-19H2,1-2H3. The van der Waals surface area contributed by atoms with Gasteiger partial charge in [0.15, 0.2) is 9.84 Å². The summed E-state index contributed by atoms with van der Waals surface area (Å²) in [4.78, 5) is 19.3. The van der Waals surface area contributed by atoms with E-state index in [4.69, 9.17) is 0 Å². The van der Waals surface area contributed by atoms with Crippen LogP contribution in [0.15, 0.2) is 24.3 Å². The van der Waals surface area contributed by atoms with E-state index in [0.717, 1.165) is 44.6 Å². The Hall–Kier alpha value is -1.60. The van der Waals surface area contributed by atoms with Gasteiger partial charge in [0.2, 0.25) is 0 Å². The number of urea groups is 1. The zero-order valence-electron chi connectivity index (χ0n) is 19.1. The van der Waals surface area contributed by atoms with Crippen molar-refractivity contribution in [3.05, 3.63) is 35.4 Å². The highest BCUT2D eigenvalue weighted by molar-refractivity contribution is 7.91. The Morgan fingerprint density at radius 1 is 1.10 bits per heavy atom. The summed E-state index contributed by atoms with van der Waals surface area (Å²) in [5.41, 5.74) is 2.07. The molecule has 172 valence electrons. The molecule has 1 aromatic rings. The van der Waals surface area contributed by atoms with Gasteiger partial charge >= 0.3 is 6.03 Å². The summed E-state index contributed by atoms with van der Waals surface area (Å²) in [5.74, 6) is 0.175. The van der Waals surface area contributed by atoms with Gasteiger partial charge in [0, 0.05) is 44.4 Å². The maximum absolute atomic E-state index is 13.0. The second kappa shape index (κ2) is 9.10. The van der Waals surface area contributed by atoms with Crippen molar-refractivity contribution >= 4 is 15.9 Å². The maximum Gasteiger partial charge on any atom is 0.319 e. The number of carbonyl (C=O) groups is 1. The van der Waals surface area contributed by atoms with Crippen molar-refractivity contribution in [2.24, 2.45) is 0 Å². The molecule has 2 fully saturated rings. The predicted molar refractivity (Wildman–Crippen MR) is 124 cm³/mol. The number of rotatable bonds is 5. The second-order valence-electron chi connectivity index (χ2n) is 9.61. The van der Waals surface area contributed by atoms with Gasteiger partial charge in [-0.2, -0.15) is 0 Å². The van der Waals surface area contributed by atoms with Crippen LogP contribution in [-0.4, -0.2) is 81.2 Å². The van der Waals surface area contributed by atoms with Crippen molar-refractivity contribution < 1.29 is 13.2 Å². The van der Waals surface area contributed by atoms with Crippen molar-refractivity contribution in [3.63, 3.8) is 0 Å². The molecule has 0 aromatic heterocycles. The Bertz CT molecular complexity index is 887. The number of piperidine rings is 2. The number of carbonyl (C=O) groups excluding carboxylic acids is 1. The molecule has 7 heteroatoms. The molecule has 2 aliphatic heterocycles. The SMILES string of the molecule is CCS(=O)(=O)C1CC2(CCN(C(=O)N(C)CCN3CCCCC3)CC2)c2ccccc21. The average molecular weight is 448 g/mol. The van der Waals surface area contributed by atoms with E-state index in [1.165, 1.54) is 24.8 Å². The van der Waals surface area contributed by atoms with Crippen LogP contribution < -0.4 is 0 Å². The van der Waals surface area contributed by atoms with Crippen LogP contribution >= 0.6 is 0 Å². The van der Waals surface area contributed by atoms with Crippen LogP contribution in [0.4, 0.5) is 4.79 Å². The second-order valence-corrected chi connectivity index (χ2v) is 12.1. The molecule has 1 aromatic carbocycles. The number of sulfone groups is 1. The fourth-order valence-corrected chi connectivity index (χ4v) is 7.34. The lowest BCUT2D eigenvalue weighted by Crippen LogP contribution is -2.50. The Morgan fingerprint density at radius 2 is 1.77 bits per heavy atom. The molecule has 2 amide bonds. The maximum atomic E-state index is 13.0. The number of amides is 2. The number of hydrogen-bond acceptors (Lipinski definition) is 4. The fourth-order valence-electron chi connectivity index (χ4n) is 5.77. The highest BCUT2D eigenvalue weighted by Crippen LogP contribution is 2.53. The van der Waals surface area contributed by atoms with Gasteiger partial charge in [-0.05, 0) is 56.3 Å². The first-order chi connectivity index (χ1) is 14.9. The van der Waals surface area contributed by atoms with Crippen molar-refractivity contribution in [2.75, 3.05) is 52.1 Å². The topological polar surface area (TPSA) is 60.9 Å². The number of benzene rings is 1. The Labute approximate surface area is 187 Å². The van der Waals surface area contributed by atoms with E-state index in [1.54, 1.807) is 6.92 Å². The van der Waals surface area contributed by atoms with Crippen LogP contribution in [-0.2, 0) is 15.3 Å². The largest absolute Gasteiger partial charge is 0.326 e. The lowest BCUT2D eigenvalue weighted by atomic mass is 9.74. The molecule has 6 nitrogen and oxygen atoms in total.